The fraction of sp³-hybridized carbons (Fsp3) is 0.167. The molecule has 3 aromatic rings. The van der Waals surface area contributed by atoms with Gasteiger partial charge in [-0.25, -0.2) is 14.5 Å². The Kier molecular flexibility index (Phi) is 8.84. The number of rotatable bonds is 9. The fourth-order valence-electron chi connectivity index (χ4n) is 3.90. The maximum Gasteiger partial charge on any atom is 0.338 e. The zero-order valence-corrected chi connectivity index (χ0v) is 23.2. The Hall–Kier alpha value is -4.96. The molecule has 3 amide bonds. The van der Waals surface area contributed by atoms with Gasteiger partial charge in [0, 0.05) is 16.9 Å². The number of hydrogen-bond acceptors (Lipinski definition) is 8. The highest BCUT2D eigenvalue weighted by atomic mass is 35.5. The van der Waals surface area contributed by atoms with E-state index < -0.39 is 29.7 Å². The zero-order chi connectivity index (χ0) is 29.7. The van der Waals surface area contributed by atoms with Crippen molar-refractivity contribution in [3.05, 3.63) is 100 Å². The van der Waals surface area contributed by atoms with Crippen LogP contribution in [0.15, 0.2) is 83.5 Å². The molecular formula is C30H26ClN3O7. The van der Waals surface area contributed by atoms with Gasteiger partial charge in [0.1, 0.15) is 10.7 Å². The number of anilines is 3. The molecule has 2 N–H and O–H groups in total. The van der Waals surface area contributed by atoms with Crippen LogP contribution in [-0.2, 0) is 19.1 Å². The van der Waals surface area contributed by atoms with E-state index >= 15 is 0 Å². The van der Waals surface area contributed by atoms with Crippen LogP contribution in [0.5, 0.6) is 0 Å². The lowest BCUT2D eigenvalue weighted by molar-refractivity contribution is -0.120. The van der Waals surface area contributed by atoms with Crippen molar-refractivity contribution in [2.45, 2.75) is 26.9 Å². The van der Waals surface area contributed by atoms with E-state index in [1.165, 1.54) is 36.4 Å². The van der Waals surface area contributed by atoms with Gasteiger partial charge in [-0.15, -0.1) is 0 Å². The number of carbonyl (C=O) groups is 5. The van der Waals surface area contributed by atoms with Crippen molar-refractivity contribution in [2.75, 3.05) is 22.1 Å². The van der Waals surface area contributed by atoms with Gasteiger partial charge in [-0.3, -0.25) is 14.4 Å². The first-order chi connectivity index (χ1) is 19.6. The second kappa shape index (κ2) is 12.5. The Morgan fingerprint density at radius 1 is 0.829 bits per heavy atom. The summed E-state index contributed by atoms with van der Waals surface area (Å²) >= 11 is 6.24. The summed E-state index contributed by atoms with van der Waals surface area (Å²) in [5, 5.41) is 5.23. The molecule has 41 heavy (non-hydrogen) atoms. The van der Waals surface area contributed by atoms with Gasteiger partial charge >= 0.3 is 11.9 Å². The summed E-state index contributed by atoms with van der Waals surface area (Å²) in [6, 6.07) is 18.4. The first-order valence-electron chi connectivity index (χ1n) is 12.6. The minimum absolute atomic E-state index is 0.167. The van der Waals surface area contributed by atoms with Gasteiger partial charge in [0.05, 0.1) is 29.5 Å². The predicted octanol–water partition coefficient (Wildman–Crippen LogP) is 5.12. The molecule has 0 atom stereocenters. The molecule has 1 heterocycles. The lowest BCUT2D eigenvalue weighted by Crippen LogP contribution is -2.32. The van der Waals surface area contributed by atoms with Gasteiger partial charge in [-0.05, 0) is 81.4 Å². The topological polar surface area (TPSA) is 131 Å². The maximum absolute atomic E-state index is 13.2. The zero-order valence-electron chi connectivity index (χ0n) is 22.4. The number of carbonyl (C=O) groups excluding carboxylic acids is 5. The molecule has 0 fully saturated rings. The molecular weight excluding hydrogens is 550 g/mol. The molecule has 0 aliphatic carbocycles. The van der Waals surface area contributed by atoms with E-state index in [9.17, 15) is 24.0 Å². The van der Waals surface area contributed by atoms with Crippen LogP contribution in [0.4, 0.5) is 17.1 Å². The van der Waals surface area contributed by atoms with E-state index in [1.807, 2.05) is 0 Å². The normalized spacial score (nSPS) is 13.0. The van der Waals surface area contributed by atoms with Gasteiger partial charge < -0.3 is 20.1 Å². The van der Waals surface area contributed by atoms with E-state index in [-0.39, 0.29) is 40.3 Å². The number of ether oxygens (including phenoxy) is 2. The second-order valence-electron chi connectivity index (χ2n) is 9.10. The van der Waals surface area contributed by atoms with Crippen LogP contribution in [0.25, 0.3) is 0 Å². The van der Waals surface area contributed by atoms with Gasteiger partial charge in [-0.2, -0.15) is 0 Å². The summed E-state index contributed by atoms with van der Waals surface area (Å²) in [6.07, 6.45) is -0.298. The van der Waals surface area contributed by atoms with Crippen molar-refractivity contribution in [3.63, 3.8) is 0 Å². The molecule has 0 spiro atoms. The Bertz CT molecular complexity index is 1560. The fourth-order valence-corrected chi connectivity index (χ4v) is 4.11. The van der Waals surface area contributed by atoms with E-state index in [0.717, 1.165) is 4.90 Å². The highest BCUT2D eigenvalue weighted by molar-refractivity contribution is 6.53. The van der Waals surface area contributed by atoms with Crippen LogP contribution in [0.1, 0.15) is 51.8 Å². The monoisotopic (exact) mass is 575 g/mol. The summed E-state index contributed by atoms with van der Waals surface area (Å²) in [4.78, 5) is 63.9. The highest BCUT2D eigenvalue weighted by Crippen LogP contribution is 2.30. The Labute approximate surface area is 240 Å². The third kappa shape index (κ3) is 6.62. The number of halogens is 1. The van der Waals surface area contributed by atoms with E-state index in [1.54, 1.807) is 57.2 Å². The minimum atomic E-state index is -0.743. The van der Waals surface area contributed by atoms with Gasteiger partial charge in [0.2, 0.25) is 0 Å². The number of benzene rings is 3. The molecule has 0 aromatic heterocycles. The van der Waals surface area contributed by atoms with E-state index in [2.05, 4.69) is 10.6 Å². The SMILES string of the molecule is CCOC(=O)c1cccc(NC(=O)c2cccc(NC3=C(Cl)C(=O)N(c4ccc(C(=O)OC(C)C)cc4)C3=O)c2)c1. The molecule has 4 rings (SSSR count). The molecule has 0 saturated carbocycles. The number of nitrogens with zero attached hydrogens (tertiary/aromatic N) is 1. The molecule has 0 saturated heterocycles. The second-order valence-corrected chi connectivity index (χ2v) is 9.47. The van der Waals surface area contributed by atoms with Crippen LogP contribution >= 0.6 is 11.6 Å². The number of nitrogens with one attached hydrogen (secondary N) is 2. The molecule has 0 unspecified atom stereocenters. The summed E-state index contributed by atoms with van der Waals surface area (Å²) in [6.45, 7) is 5.38. The van der Waals surface area contributed by atoms with E-state index in [0.29, 0.717) is 16.9 Å². The third-order valence-electron chi connectivity index (χ3n) is 5.76. The Balaban J connectivity index is 1.47. The molecule has 210 valence electrons. The summed E-state index contributed by atoms with van der Waals surface area (Å²) < 4.78 is 10.1. The molecule has 3 aromatic carbocycles. The van der Waals surface area contributed by atoms with Gasteiger partial charge in [0.25, 0.3) is 17.7 Å². The largest absolute Gasteiger partial charge is 0.462 e. The van der Waals surface area contributed by atoms with Crippen molar-refractivity contribution >= 4 is 58.3 Å². The summed E-state index contributed by atoms with van der Waals surface area (Å²) in [5.41, 5.74) is 1.57. The summed E-state index contributed by atoms with van der Waals surface area (Å²) in [7, 11) is 0. The molecule has 0 radical (unpaired) electrons. The molecule has 1 aliphatic rings. The highest BCUT2D eigenvalue weighted by Gasteiger charge is 2.39. The van der Waals surface area contributed by atoms with Gasteiger partial charge in [-0.1, -0.05) is 23.7 Å². The molecule has 11 heteroatoms. The quantitative estimate of drug-likeness (QED) is 0.266. The first-order valence-corrected chi connectivity index (χ1v) is 13.0. The van der Waals surface area contributed by atoms with Crippen molar-refractivity contribution < 1.29 is 33.4 Å². The molecule has 0 bridgehead atoms. The van der Waals surface area contributed by atoms with Crippen molar-refractivity contribution in [2.24, 2.45) is 0 Å². The number of amides is 3. The van der Waals surface area contributed by atoms with Crippen molar-refractivity contribution in [1.29, 1.82) is 0 Å². The van der Waals surface area contributed by atoms with Crippen molar-refractivity contribution in [3.8, 4) is 0 Å². The first kappa shape index (κ1) is 29.0. The lowest BCUT2D eigenvalue weighted by atomic mass is 10.1. The van der Waals surface area contributed by atoms with Crippen LogP contribution in [0, 0.1) is 0 Å². The Morgan fingerprint density at radius 2 is 1.46 bits per heavy atom. The van der Waals surface area contributed by atoms with Crippen LogP contribution in [-0.4, -0.2) is 42.4 Å². The molecule has 1 aliphatic heterocycles. The maximum atomic E-state index is 13.2. The van der Waals surface area contributed by atoms with Gasteiger partial charge in [0.15, 0.2) is 0 Å². The van der Waals surface area contributed by atoms with Crippen LogP contribution in [0.2, 0.25) is 0 Å². The smallest absolute Gasteiger partial charge is 0.338 e. The number of esters is 2. The van der Waals surface area contributed by atoms with Crippen molar-refractivity contribution in [1.82, 2.24) is 0 Å². The lowest BCUT2D eigenvalue weighted by Gasteiger charge is -2.16. The Morgan fingerprint density at radius 3 is 2.12 bits per heavy atom. The molecule has 10 nitrogen and oxygen atoms in total. The van der Waals surface area contributed by atoms with Crippen LogP contribution < -0.4 is 15.5 Å². The number of hydrogen-bond donors (Lipinski definition) is 2. The predicted molar refractivity (Wildman–Crippen MR) is 153 cm³/mol. The third-order valence-corrected chi connectivity index (χ3v) is 6.11. The standard InChI is InChI=1S/C30H26ClN3O7/c1-4-40-29(38)20-8-6-10-22(16-20)33-26(35)19-7-5-9-21(15-19)32-25-24(31)27(36)34(28(25)37)23-13-11-18(12-14-23)30(39)41-17(2)3/h5-17,32H,4H2,1-3H3,(H,33,35). The van der Waals surface area contributed by atoms with Crippen LogP contribution in [0.3, 0.4) is 0 Å². The minimum Gasteiger partial charge on any atom is -0.462 e. The number of imide groups is 1. The average molecular weight is 576 g/mol. The van der Waals surface area contributed by atoms with E-state index in [4.69, 9.17) is 21.1 Å². The summed E-state index contributed by atoms with van der Waals surface area (Å²) in [5.74, 6) is -2.95. The average Bonchev–Trinajstić information content (AvgIpc) is 3.16.